The maximum absolute atomic E-state index is 4.87. The summed E-state index contributed by atoms with van der Waals surface area (Å²) in [6.45, 7) is 3.64. The summed E-state index contributed by atoms with van der Waals surface area (Å²) >= 11 is 3.59. The minimum Gasteiger partial charge on any atom is -0.294 e. The third kappa shape index (κ3) is 4.20. The van der Waals surface area contributed by atoms with E-state index in [9.17, 15) is 0 Å². The third-order valence-electron chi connectivity index (χ3n) is 5.83. The molecule has 0 saturated heterocycles. The number of pyridine rings is 1. The van der Waals surface area contributed by atoms with Crippen LogP contribution >= 0.6 is 15.9 Å². The molecule has 5 nitrogen and oxygen atoms in total. The standard InChI is InChI=1S/C24H24BrN5/c25-20-5-3-4-17(12-20)21-7-10-26-13-18(21)15-30-11-8-22-19(16-30)14-28-24(29-22)23-6-1-2-9-27-23/h3-5,7,10,12-14H,1-2,6,8-9,11,15-16H2. The predicted octanol–water partition coefficient (Wildman–Crippen LogP) is 4.83. The van der Waals surface area contributed by atoms with Gasteiger partial charge in [-0.3, -0.25) is 14.9 Å². The van der Waals surface area contributed by atoms with Crippen LogP contribution in [0.1, 0.15) is 41.9 Å². The van der Waals surface area contributed by atoms with Crippen LogP contribution in [0.3, 0.4) is 0 Å². The highest BCUT2D eigenvalue weighted by molar-refractivity contribution is 9.10. The maximum atomic E-state index is 4.87. The van der Waals surface area contributed by atoms with E-state index < -0.39 is 0 Å². The Kier molecular flexibility index (Phi) is 5.69. The Morgan fingerprint density at radius 3 is 2.90 bits per heavy atom. The zero-order chi connectivity index (χ0) is 20.3. The molecule has 0 unspecified atom stereocenters. The predicted molar refractivity (Wildman–Crippen MR) is 122 cm³/mol. The van der Waals surface area contributed by atoms with Crippen molar-refractivity contribution in [2.24, 2.45) is 4.99 Å². The summed E-state index contributed by atoms with van der Waals surface area (Å²) in [7, 11) is 0. The molecule has 0 radical (unpaired) electrons. The van der Waals surface area contributed by atoms with Crippen LogP contribution in [-0.4, -0.2) is 38.7 Å². The Morgan fingerprint density at radius 1 is 1.07 bits per heavy atom. The van der Waals surface area contributed by atoms with Crippen LogP contribution in [0, 0.1) is 0 Å². The van der Waals surface area contributed by atoms with Gasteiger partial charge in [0.1, 0.15) is 0 Å². The van der Waals surface area contributed by atoms with E-state index >= 15 is 0 Å². The summed E-state index contributed by atoms with van der Waals surface area (Å²) in [5.74, 6) is 0.839. The number of aromatic nitrogens is 3. The molecule has 0 N–H and O–H groups in total. The Hall–Kier alpha value is -2.44. The SMILES string of the molecule is Brc1cccc(-c2ccncc2CN2CCc3nc(C4=NCCCC4)ncc3C2)c1. The summed E-state index contributed by atoms with van der Waals surface area (Å²) in [5.41, 5.74) is 7.19. The van der Waals surface area contributed by atoms with Crippen LogP contribution < -0.4 is 0 Å². The lowest BCUT2D eigenvalue weighted by Gasteiger charge is -2.28. The quantitative estimate of drug-likeness (QED) is 0.557. The number of nitrogens with zero attached hydrogens (tertiary/aromatic N) is 5. The van der Waals surface area contributed by atoms with Gasteiger partial charge in [0, 0.05) is 61.2 Å². The van der Waals surface area contributed by atoms with Crippen molar-refractivity contribution in [2.75, 3.05) is 13.1 Å². The zero-order valence-corrected chi connectivity index (χ0v) is 18.5. The largest absolute Gasteiger partial charge is 0.294 e. The number of hydrogen-bond acceptors (Lipinski definition) is 5. The van der Waals surface area contributed by atoms with E-state index in [2.05, 4.69) is 66.1 Å². The molecule has 0 atom stereocenters. The lowest BCUT2D eigenvalue weighted by molar-refractivity contribution is 0.243. The first kappa shape index (κ1) is 19.5. The second kappa shape index (κ2) is 8.74. The van der Waals surface area contributed by atoms with Crippen molar-refractivity contribution in [3.05, 3.63) is 76.0 Å². The Morgan fingerprint density at radius 2 is 2.03 bits per heavy atom. The summed E-state index contributed by atoms with van der Waals surface area (Å²) in [4.78, 5) is 21.0. The molecule has 0 bridgehead atoms. The van der Waals surface area contributed by atoms with Crippen molar-refractivity contribution in [1.29, 1.82) is 0 Å². The maximum Gasteiger partial charge on any atom is 0.173 e. The summed E-state index contributed by atoms with van der Waals surface area (Å²) < 4.78 is 1.09. The average molecular weight is 462 g/mol. The van der Waals surface area contributed by atoms with Gasteiger partial charge in [0.25, 0.3) is 0 Å². The van der Waals surface area contributed by atoms with E-state index in [0.717, 1.165) is 55.0 Å². The third-order valence-corrected chi connectivity index (χ3v) is 6.32. The Labute approximate surface area is 185 Å². The fraction of sp³-hybridized carbons (Fsp3) is 0.333. The Bertz CT molecular complexity index is 1090. The van der Waals surface area contributed by atoms with E-state index in [1.165, 1.54) is 40.8 Å². The molecule has 0 fully saturated rings. The summed E-state index contributed by atoms with van der Waals surface area (Å²) in [5, 5.41) is 0. The van der Waals surface area contributed by atoms with Gasteiger partial charge in [-0.25, -0.2) is 9.97 Å². The highest BCUT2D eigenvalue weighted by Gasteiger charge is 2.21. The molecule has 0 saturated carbocycles. The number of hydrogen-bond donors (Lipinski definition) is 0. The van der Waals surface area contributed by atoms with Gasteiger partial charge in [-0.15, -0.1) is 0 Å². The van der Waals surface area contributed by atoms with Gasteiger partial charge >= 0.3 is 0 Å². The molecule has 5 rings (SSSR count). The van der Waals surface area contributed by atoms with Crippen molar-refractivity contribution >= 4 is 21.6 Å². The van der Waals surface area contributed by atoms with Crippen LogP contribution in [0.5, 0.6) is 0 Å². The van der Waals surface area contributed by atoms with Crippen LogP contribution in [0.15, 0.2) is 58.4 Å². The number of aliphatic imine (C=N–C) groups is 1. The Balaban J connectivity index is 1.35. The molecule has 4 heterocycles. The van der Waals surface area contributed by atoms with Gasteiger partial charge in [0.15, 0.2) is 5.82 Å². The first-order valence-electron chi connectivity index (χ1n) is 10.6. The number of benzene rings is 1. The van der Waals surface area contributed by atoms with Crippen LogP contribution in [0.4, 0.5) is 0 Å². The molecule has 0 spiro atoms. The summed E-state index contributed by atoms with van der Waals surface area (Å²) in [6.07, 6.45) is 10.2. The minimum absolute atomic E-state index is 0.839. The normalized spacial score (nSPS) is 16.8. The molecular weight excluding hydrogens is 438 g/mol. The average Bonchev–Trinajstić information content (AvgIpc) is 2.80. The lowest BCUT2D eigenvalue weighted by atomic mass is 10.00. The van der Waals surface area contributed by atoms with E-state index in [4.69, 9.17) is 4.98 Å². The summed E-state index contributed by atoms with van der Waals surface area (Å²) in [6, 6.07) is 10.5. The molecule has 30 heavy (non-hydrogen) atoms. The van der Waals surface area contributed by atoms with Crippen molar-refractivity contribution in [1.82, 2.24) is 19.9 Å². The van der Waals surface area contributed by atoms with Gasteiger partial charge in [0.05, 0.1) is 11.4 Å². The monoisotopic (exact) mass is 461 g/mol. The van der Waals surface area contributed by atoms with Crippen LogP contribution in [0.2, 0.25) is 0 Å². The van der Waals surface area contributed by atoms with Crippen molar-refractivity contribution in [3.8, 4) is 11.1 Å². The molecule has 3 aromatic rings. The van der Waals surface area contributed by atoms with Crippen LogP contribution in [0.25, 0.3) is 11.1 Å². The van der Waals surface area contributed by atoms with Gasteiger partial charge < -0.3 is 0 Å². The smallest absolute Gasteiger partial charge is 0.173 e. The molecule has 0 aliphatic carbocycles. The molecule has 2 aromatic heterocycles. The fourth-order valence-electron chi connectivity index (χ4n) is 4.26. The molecule has 2 aliphatic heterocycles. The molecule has 0 amide bonds. The van der Waals surface area contributed by atoms with Crippen molar-refractivity contribution < 1.29 is 0 Å². The van der Waals surface area contributed by atoms with Gasteiger partial charge in [-0.2, -0.15) is 0 Å². The second-order valence-corrected chi connectivity index (χ2v) is 8.87. The lowest BCUT2D eigenvalue weighted by Crippen LogP contribution is -2.31. The van der Waals surface area contributed by atoms with E-state index in [0.29, 0.717) is 0 Å². The molecular formula is C24H24BrN5. The van der Waals surface area contributed by atoms with E-state index in [-0.39, 0.29) is 0 Å². The second-order valence-electron chi connectivity index (χ2n) is 7.95. The minimum atomic E-state index is 0.839. The molecule has 152 valence electrons. The molecule has 2 aliphatic rings. The number of rotatable bonds is 4. The topological polar surface area (TPSA) is 54.3 Å². The van der Waals surface area contributed by atoms with Gasteiger partial charge in [-0.05, 0) is 54.2 Å². The van der Waals surface area contributed by atoms with E-state index in [1.54, 1.807) is 0 Å². The highest BCUT2D eigenvalue weighted by atomic mass is 79.9. The number of halogens is 1. The molecule has 1 aromatic carbocycles. The zero-order valence-electron chi connectivity index (χ0n) is 16.9. The van der Waals surface area contributed by atoms with Crippen molar-refractivity contribution in [2.45, 2.75) is 38.8 Å². The first-order valence-corrected chi connectivity index (χ1v) is 11.4. The molecule has 6 heteroatoms. The van der Waals surface area contributed by atoms with Gasteiger partial charge in [0.2, 0.25) is 0 Å². The van der Waals surface area contributed by atoms with Crippen molar-refractivity contribution in [3.63, 3.8) is 0 Å². The number of fused-ring (bicyclic) bond motifs is 1. The first-order chi connectivity index (χ1) is 14.8. The highest BCUT2D eigenvalue weighted by Crippen LogP contribution is 2.28. The van der Waals surface area contributed by atoms with Gasteiger partial charge in [-0.1, -0.05) is 28.1 Å². The fourth-order valence-corrected chi connectivity index (χ4v) is 4.66. The van der Waals surface area contributed by atoms with E-state index in [1.807, 2.05) is 18.6 Å². The van der Waals surface area contributed by atoms with Crippen LogP contribution in [-0.2, 0) is 19.5 Å².